The van der Waals surface area contributed by atoms with Crippen LogP contribution in [0.25, 0.3) is 0 Å². The standard InChI is InChI=1S/C14H23BrN2/c1-10-8-11(2)13(12(15)9-10)16-6-7-17-14(3,4)5/h8-9,16-17H,6-7H2,1-5H3. The summed E-state index contributed by atoms with van der Waals surface area (Å²) in [5.41, 5.74) is 3.95. The number of aryl methyl sites for hydroxylation is 2. The number of hydrogen-bond donors (Lipinski definition) is 2. The lowest BCUT2D eigenvalue weighted by molar-refractivity contribution is 0.435. The molecule has 17 heavy (non-hydrogen) atoms. The van der Waals surface area contributed by atoms with E-state index in [2.05, 4.69) is 73.3 Å². The first kappa shape index (κ1) is 14.5. The van der Waals surface area contributed by atoms with Crippen LogP contribution in [0, 0.1) is 13.8 Å². The molecule has 1 rings (SSSR count). The summed E-state index contributed by atoms with van der Waals surface area (Å²) in [6, 6.07) is 4.34. The van der Waals surface area contributed by atoms with Crippen molar-refractivity contribution in [2.45, 2.75) is 40.2 Å². The van der Waals surface area contributed by atoms with E-state index in [4.69, 9.17) is 0 Å². The maximum absolute atomic E-state index is 3.61. The fraction of sp³-hybridized carbons (Fsp3) is 0.571. The molecule has 0 saturated carbocycles. The lowest BCUT2D eigenvalue weighted by atomic mass is 10.1. The molecule has 0 heterocycles. The van der Waals surface area contributed by atoms with Gasteiger partial charge >= 0.3 is 0 Å². The van der Waals surface area contributed by atoms with E-state index >= 15 is 0 Å². The van der Waals surface area contributed by atoms with Crippen molar-refractivity contribution >= 4 is 21.6 Å². The van der Waals surface area contributed by atoms with E-state index in [9.17, 15) is 0 Å². The van der Waals surface area contributed by atoms with Crippen molar-refractivity contribution in [3.63, 3.8) is 0 Å². The first-order valence-corrected chi connectivity index (χ1v) is 6.84. The SMILES string of the molecule is Cc1cc(C)c(NCCNC(C)(C)C)c(Br)c1. The molecule has 0 aliphatic heterocycles. The zero-order valence-electron chi connectivity index (χ0n) is 11.4. The van der Waals surface area contributed by atoms with Crippen LogP contribution >= 0.6 is 15.9 Å². The average molecular weight is 299 g/mol. The molecule has 0 aliphatic carbocycles. The molecule has 0 aromatic heterocycles. The number of rotatable bonds is 4. The molecule has 96 valence electrons. The zero-order chi connectivity index (χ0) is 13.1. The van der Waals surface area contributed by atoms with Crippen LogP contribution in [0.2, 0.25) is 0 Å². The van der Waals surface area contributed by atoms with Gasteiger partial charge in [0.25, 0.3) is 0 Å². The minimum absolute atomic E-state index is 0.182. The minimum atomic E-state index is 0.182. The Hall–Kier alpha value is -0.540. The van der Waals surface area contributed by atoms with Crippen LogP contribution in [0.5, 0.6) is 0 Å². The minimum Gasteiger partial charge on any atom is -0.383 e. The Morgan fingerprint density at radius 3 is 2.29 bits per heavy atom. The van der Waals surface area contributed by atoms with Crippen LogP contribution in [-0.4, -0.2) is 18.6 Å². The van der Waals surface area contributed by atoms with Gasteiger partial charge in [-0.25, -0.2) is 0 Å². The predicted molar refractivity (Wildman–Crippen MR) is 79.9 cm³/mol. The number of anilines is 1. The van der Waals surface area contributed by atoms with Gasteiger partial charge < -0.3 is 10.6 Å². The van der Waals surface area contributed by atoms with Crippen LogP contribution < -0.4 is 10.6 Å². The fourth-order valence-electron chi connectivity index (χ4n) is 1.76. The Bertz CT molecular complexity index is 357. The van der Waals surface area contributed by atoms with Gasteiger partial charge in [0.05, 0.1) is 5.69 Å². The third-order valence-corrected chi connectivity index (χ3v) is 3.14. The van der Waals surface area contributed by atoms with E-state index in [1.807, 2.05) is 0 Å². The molecule has 0 atom stereocenters. The van der Waals surface area contributed by atoms with Gasteiger partial charge in [0.2, 0.25) is 0 Å². The second-order valence-corrected chi connectivity index (χ2v) is 6.40. The van der Waals surface area contributed by atoms with Crippen LogP contribution in [0.1, 0.15) is 31.9 Å². The first-order valence-electron chi connectivity index (χ1n) is 6.05. The molecule has 0 bridgehead atoms. The lowest BCUT2D eigenvalue weighted by Gasteiger charge is -2.21. The van der Waals surface area contributed by atoms with Gasteiger partial charge in [-0.2, -0.15) is 0 Å². The highest BCUT2D eigenvalue weighted by Gasteiger charge is 2.08. The Balaban J connectivity index is 2.53. The lowest BCUT2D eigenvalue weighted by Crippen LogP contribution is -2.38. The van der Waals surface area contributed by atoms with Gasteiger partial charge in [-0.1, -0.05) is 6.07 Å². The summed E-state index contributed by atoms with van der Waals surface area (Å²) in [5.74, 6) is 0. The molecule has 0 spiro atoms. The zero-order valence-corrected chi connectivity index (χ0v) is 13.0. The maximum atomic E-state index is 3.61. The highest BCUT2D eigenvalue weighted by molar-refractivity contribution is 9.10. The summed E-state index contributed by atoms with van der Waals surface area (Å²) < 4.78 is 1.14. The Morgan fingerprint density at radius 1 is 1.12 bits per heavy atom. The summed E-state index contributed by atoms with van der Waals surface area (Å²) >= 11 is 3.61. The van der Waals surface area contributed by atoms with E-state index in [-0.39, 0.29) is 5.54 Å². The van der Waals surface area contributed by atoms with Crippen LogP contribution in [0.4, 0.5) is 5.69 Å². The van der Waals surface area contributed by atoms with Gasteiger partial charge in [-0.3, -0.25) is 0 Å². The molecule has 1 aromatic carbocycles. The highest BCUT2D eigenvalue weighted by Crippen LogP contribution is 2.27. The maximum Gasteiger partial charge on any atom is 0.0514 e. The van der Waals surface area contributed by atoms with Gasteiger partial charge in [0.1, 0.15) is 0 Å². The molecular formula is C14H23BrN2. The van der Waals surface area contributed by atoms with Crippen molar-refractivity contribution in [1.29, 1.82) is 0 Å². The largest absolute Gasteiger partial charge is 0.383 e. The third-order valence-electron chi connectivity index (χ3n) is 2.51. The molecule has 2 nitrogen and oxygen atoms in total. The predicted octanol–water partition coefficient (Wildman–Crippen LogP) is 3.87. The molecule has 0 fully saturated rings. The quantitative estimate of drug-likeness (QED) is 0.825. The molecule has 2 N–H and O–H groups in total. The number of hydrogen-bond acceptors (Lipinski definition) is 2. The fourth-order valence-corrected chi connectivity index (χ4v) is 2.58. The van der Waals surface area contributed by atoms with Gasteiger partial charge in [0.15, 0.2) is 0 Å². The summed E-state index contributed by atoms with van der Waals surface area (Å²) in [5, 5.41) is 6.94. The van der Waals surface area contributed by atoms with E-state index in [0.29, 0.717) is 0 Å². The van der Waals surface area contributed by atoms with Crippen molar-refractivity contribution < 1.29 is 0 Å². The van der Waals surface area contributed by atoms with Gasteiger partial charge in [-0.15, -0.1) is 0 Å². The average Bonchev–Trinajstić information content (AvgIpc) is 2.13. The van der Waals surface area contributed by atoms with E-state index < -0.39 is 0 Å². The third kappa shape index (κ3) is 5.09. The monoisotopic (exact) mass is 298 g/mol. The highest BCUT2D eigenvalue weighted by atomic mass is 79.9. The van der Waals surface area contributed by atoms with Crippen molar-refractivity contribution in [2.75, 3.05) is 18.4 Å². The molecule has 0 unspecified atom stereocenters. The number of halogens is 1. The molecule has 1 aromatic rings. The second kappa shape index (κ2) is 5.87. The topological polar surface area (TPSA) is 24.1 Å². The summed E-state index contributed by atoms with van der Waals surface area (Å²) in [6.45, 7) is 12.7. The van der Waals surface area contributed by atoms with Crippen LogP contribution in [0.3, 0.4) is 0 Å². The van der Waals surface area contributed by atoms with Crippen molar-refractivity contribution in [3.8, 4) is 0 Å². The van der Waals surface area contributed by atoms with E-state index in [0.717, 1.165) is 17.6 Å². The second-order valence-electron chi connectivity index (χ2n) is 5.54. The van der Waals surface area contributed by atoms with Crippen molar-refractivity contribution in [2.24, 2.45) is 0 Å². The van der Waals surface area contributed by atoms with Gasteiger partial charge in [0, 0.05) is 23.1 Å². The van der Waals surface area contributed by atoms with Crippen molar-refractivity contribution in [1.82, 2.24) is 5.32 Å². The van der Waals surface area contributed by atoms with Crippen molar-refractivity contribution in [3.05, 3.63) is 27.7 Å². The molecule has 0 saturated heterocycles. The Kier molecular flexibility index (Phi) is 5.02. The molecule has 0 radical (unpaired) electrons. The smallest absolute Gasteiger partial charge is 0.0514 e. The number of nitrogens with one attached hydrogen (secondary N) is 2. The van der Waals surface area contributed by atoms with Crippen LogP contribution in [-0.2, 0) is 0 Å². The molecule has 0 aliphatic rings. The van der Waals surface area contributed by atoms with E-state index in [1.54, 1.807) is 0 Å². The number of benzene rings is 1. The molecule has 3 heteroatoms. The Morgan fingerprint density at radius 2 is 1.76 bits per heavy atom. The summed E-state index contributed by atoms with van der Waals surface area (Å²) in [6.07, 6.45) is 0. The normalized spacial score (nSPS) is 11.6. The summed E-state index contributed by atoms with van der Waals surface area (Å²) in [7, 11) is 0. The van der Waals surface area contributed by atoms with Gasteiger partial charge in [-0.05, 0) is 67.7 Å². The summed E-state index contributed by atoms with van der Waals surface area (Å²) in [4.78, 5) is 0. The molecule has 0 amide bonds. The van der Waals surface area contributed by atoms with Crippen LogP contribution in [0.15, 0.2) is 16.6 Å². The Labute approximate surface area is 113 Å². The first-order chi connectivity index (χ1) is 7.79. The van der Waals surface area contributed by atoms with E-state index in [1.165, 1.54) is 16.8 Å². The molecular weight excluding hydrogens is 276 g/mol.